The monoisotopic (exact) mass is 314 g/mol. The van der Waals surface area contributed by atoms with Crippen molar-refractivity contribution in [2.24, 2.45) is 5.92 Å². The van der Waals surface area contributed by atoms with Crippen LogP contribution in [0.1, 0.15) is 16.9 Å². The predicted octanol–water partition coefficient (Wildman–Crippen LogP) is 0.320. The number of aromatic nitrogens is 2. The summed E-state index contributed by atoms with van der Waals surface area (Å²) in [6.07, 6.45) is 0.987. The van der Waals surface area contributed by atoms with Crippen LogP contribution >= 0.6 is 0 Å². The number of carbonyl (C=O) groups is 1. The molecule has 2 heterocycles. The molecule has 0 spiro atoms. The summed E-state index contributed by atoms with van der Waals surface area (Å²) in [6.45, 7) is 2.33. The van der Waals surface area contributed by atoms with Crippen molar-refractivity contribution < 1.29 is 4.79 Å². The molecule has 0 bridgehead atoms. The number of amides is 1. The zero-order valence-corrected chi connectivity index (χ0v) is 12.5. The summed E-state index contributed by atoms with van der Waals surface area (Å²) in [5, 5.41) is 2.78. The molecule has 2 aromatic rings. The van der Waals surface area contributed by atoms with E-state index >= 15 is 0 Å². The molecule has 7 nitrogen and oxygen atoms in total. The van der Waals surface area contributed by atoms with Crippen LogP contribution in [0.5, 0.6) is 0 Å². The zero-order valence-electron chi connectivity index (χ0n) is 12.5. The van der Waals surface area contributed by atoms with Gasteiger partial charge in [0, 0.05) is 31.4 Å². The number of nitrogens with zero attached hydrogens (tertiary/aromatic N) is 1. The van der Waals surface area contributed by atoms with Crippen LogP contribution in [0.4, 0.5) is 5.69 Å². The van der Waals surface area contributed by atoms with Gasteiger partial charge < -0.3 is 15.2 Å². The van der Waals surface area contributed by atoms with Crippen molar-refractivity contribution in [3.05, 3.63) is 62.9 Å². The topological polar surface area (TPSA) is 98.1 Å². The maximum Gasteiger partial charge on any atom is 0.326 e. The molecule has 3 rings (SSSR count). The van der Waals surface area contributed by atoms with Crippen LogP contribution in [0.2, 0.25) is 0 Å². The van der Waals surface area contributed by atoms with Crippen molar-refractivity contribution in [3.8, 4) is 0 Å². The van der Waals surface area contributed by atoms with Gasteiger partial charge in [0.2, 0.25) is 0 Å². The maximum atomic E-state index is 12.0. The first-order chi connectivity index (χ1) is 11.1. The minimum absolute atomic E-state index is 0.0170. The molecule has 7 heteroatoms. The smallest absolute Gasteiger partial charge is 0.326 e. The quantitative estimate of drug-likeness (QED) is 0.757. The van der Waals surface area contributed by atoms with Crippen LogP contribution in [-0.4, -0.2) is 35.5 Å². The molecule has 1 amide bonds. The number of hydrogen-bond donors (Lipinski definition) is 3. The van der Waals surface area contributed by atoms with Crippen LogP contribution in [-0.2, 0) is 0 Å². The van der Waals surface area contributed by atoms with Crippen molar-refractivity contribution in [2.45, 2.75) is 6.42 Å². The molecule has 1 aromatic carbocycles. The summed E-state index contributed by atoms with van der Waals surface area (Å²) >= 11 is 0. The fourth-order valence-corrected chi connectivity index (χ4v) is 2.80. The summed E-state index contributed by atoms with van der Waals surface area (Å²) in [6, 6.07) is 11.2. The van der Waals surface area contributed by atoms with E-state index in [0.717, 1.165) is 25.6 Å². The summed E-state index contributed by atoms with van der Waals surface area (Å²) in [4.78, 5) is 41.0. The van der Waals surface area contributed by atoms with Gasteiger partial charge in [-0.15, -0.1) is 0 Å². The van der Waals surface area contributed by atoms with Crippen LogP contribution in [0.15, 0.2) is 46.0 Å². The highest BCUT2D eigenvalue weighted by molar-refractivity contribution is 5.92. The Morgan fingerprint density at radius 2 is 2.00 bits per heavy atom. The number of aromatic amines is 2. The van der Waals surface area contributed by atoms with Crippen molar-refractivity contribution in [2.75, 3.05) is 24.5 Å². The summed E-state index contributed by atoms with van der Waals surface area (Å²) < 4.78 is 0. The molecule has 0 radical (unpaired) electrons. The third kappa shape index (κ3) is 3.68. The third-order valence-electron chi connectivity index (χ3n) is 3.96. The minimum atomic E-state index is -0.682. The van der Waals surface area contributed by atoms with Crippen molar-refractivity contribution >= 4 is 11.6 Å². The second kappa shape index (κ2) is 6.51. The zero-order chi connectivity index (χ0) is 16.2. The van der Waals surface area contributed by atoms with Gasteiger partial charge in [-0.25, -0.2) is 4.79 Å². The van der Waals surface area contributed by atoms with Gasteiger partial charge in [0.15, 0.2) is 0 Å². The molecule has 3 N–H and O–H groups in total. The molecule has 0 unspecified atom stereocenters. The van der Waals surface area contributed by atoms with Gasteiger partial charge in [-0.1, -0.05) is 18.2 Å². The van der Waals surface area contributed by atoms with Crippen LogP contribution in [0.25, 0.3) is 0 Å². The van der Waals surface area contributed by atoms with Gasteiger partial charge >= 0.3 is 5.69 Å². The number of para-hydroxylation sites is 1. The molecule has 1 aliphatic rings. The molecule has 1 aromatic heterocycles. The number of H-pyrrole nitrogens is 2. The molecule has 1 aliphatic heterocycles. The van der Waals surface area contributed by atoms with Gasteiger partial charge in [0.1, 0.15) is 5.69 Å². The van der Waals surface area contributed by atoms with E-state index in [1.54, 1.807) is 0 Å². The van der Waals surface area contributed by atoms with Gasteiger partial charge in [0.05, 0.1) is 0 Å². The van der Waals surface area contributed by atoms with E-state index in [0.29, 0.717) is 12.5 Å². The highest BCUT2D eigenvalue weighted by Gasteiger charge is 2.23. The van der Waals surface area contributed by atoms with Gasteiger partial charge in [0.25, 0.3) is 11.5 Å². The number of carbonyl (C=O) groups excluding carboxylic acids is 1. The summed E-state index contributed by atoms with van der Waals surface area (Å²) in [7, 11) is 0. The van der Waals surface area contributed by atoms with E-state index < -0.39 is 17.2 Å². The molecule has 1 atom stereocenters. The number of anilines is 1. The van der Waals surface area contributed by atoms with E-state index in [-0.39, 0.29) is 5.69 Å². The first-order valence-corrected chi connectivity index (χ1v) is 7.53. The normalized spacial score (nSPS) is 17.2. The Morgan fingerprint density at radius 3 is 2.74 bits per heavy atom. The van der Waals surface area contributed by atoms with Crippen LogP contribution in [0.3, 0.4) is 0 Å². The minimum Gasteiger partial charge on any atom is -0.371 e. The SMILES string of the molecule is O=C(NC[C@@H]1CCN(c2ccccc2)C1)c1cc(=O)[nH]c(=O)[nH]1. The highest BCUT2D eigenvalue weighted by atomic mass is 16.2. The Kier molecular flexibility index (Phi) is 4.27. The van der Waals surface area contributed by atoms with Crippen LogP contribution in [0, 0.1) is 5.92 Å². The lowest BCUT2D eigenvalue weighted by atomic mass is 10.1. The highest BCUT2D eigenvalue weighted by Crippen LogP contribution is 2.22. The maximum absolute atomic E-state index is 12.0. The molecular formula is C16H18N4O3. The Labute approximate surface area is 132 Å². The lowest BCUT2D eigenvalue weighted by Crippen LogP contribution is -2.34. The lowest BCUT2D eigenvalue weighted by molar-refractivity contribution is 0.0942. The van der Waals surface area contributed by atoms with Crippen molar-refractivity contribution in [3.63, 3.8) is 0 Å². The van der Waals surface area contributed by atoms with Gasteiger partial charge in [-0.05, 0) is 24.5 Å². The average Bonchev–Trinajstić information content (AvgIpc) is 3.01. The molecule has 120 valence electrons. The van der Waals surface area contributed by atoms with E-state index in [9.17, 15) is 14.4 Å². The number of rotatable bonds is 4. The number of hydrogen-bond acceptors (Lipinski definition) is 4. The fourth-order valence-electron chi connectivity index (χ4n) is 2.80. The lowest BCUT2D eigenvalue weighted by Gasteiger charge is -2.18. The predicted molar refractivity (Wildman–Crippen MR) is 86.8 cm³/mol. The van der Waals surface area contributed by atoms with Gasteiger partial charge in [-0.3, -0.25) is 14.6 Å². The summed E-state index contributed by atoms with van der Waals surface area (Å²) in [5.41, 5.74) is -0.106. The third-order valence-corrected chi connectivity index (χ3v) is 3.96. The molecule has 0 aliphatic carbocycles. The molecule has 1 saturated heterocycles. The van der Waals surface area contributed by atoms with E-state index in [1.807, 2.05) is 23.2 Å². The second-order valence-electron chi connectivity index (χ2n) is 5.65. The first kappa shape index (κ1) is 15.1. The standard InChI is InChI=1S/C16H18N4O3/c21-14-8-13(18-16(23)19-14)15(22)17-9-11-6-7-20(10-11)12-4-2-1-3-5-12/h1-5,8,11H,6-7,9-10H2,(H,17,22)(H2,18,19,21,23)/t11-/m0/s1. The molecule has 23 heavy (non-hydrogen) atoms. The Hall–Kier alpha value is -2.83. The van der Waals surface area contributed by atoms with E-state index in [1.165, 1.54) is 5.69 Å². The Morgan fingerprint density at radius 1 is 1.22 bits per heavy atom. The van der Waals surface area contributed by atoms with Crippen molar-refractivity contribution in [1.29, 1.82) is 0 Å². The van der Waals surface area contributed by atoms with Gasteiger partial charge in [-0.2, -0.15) is 0 Å². The van der Waals surface area contributed by atoms with Crippen LogP contribution < -0.4 is 21.5 Å². The Balaban J connectivity index is 1.56. The Bertz CT molecular complexity index is 768. The average molecular weight is 314 g/mol. The number of nitrogens with one attached hydrogen (secondary N) is 3. The second-order valence-corrected chi connectivity index (χ2v) is 5.65. The van der Waals surface area contributed by atoms with E-state index in [4.69, 9.17) is 0 Å². The van der Waals surface area contributed by atoms with Crippen molar-refractivity contribution in [1.82, 2.24) is 15.3 Å². The molecule has 1 fully saturated rings. The number of benzene rings is 1. The van der Waals surface area contributed by atoms with E-state index in [2.05, 4.69) is 27.3 Å². The molecular weight excluding hydrogens is 296 g/mol. The molecule has 0 saturated carbocycles. The fraction of sp³-hybridized carbons (Fsp3) is 0.312. The first-order valence-electron chi connectivity index (χ1n) is 7.53. The largest absolute Gasteiger partial charge is 0.371 e. The summed E-state index contributed by atoms with van der Waals surface area (Å²) in [5.74, 6) is -0.0979.